The number of benzene rings is 2. The molecular weight excluding hydrogens is 456 g/mol. The van der Waals surface area contributed by atoms with Crippen LogP contribution in [0.25, 0.3) is 0 Å². The average molecular weight is 485 g/mol. The molecule has 2 aromatic carbocycles. The molecule has 2 fully saturated rings. The van der Waals surface area contributed by atoms with Crippen molar-refractivity contribution in [3.8, 4) is 0 Å². The maximum absolute atomic E-state index is 13.0. The number of nitrogens with zero attached hydrogens (tertiary/aromatic N) is 2. The van der Waals surface area contributed by atoms with Crippen LogP contribution in [0.15, 0.2) is 53.4 Å². The predicted octanol–water partition coefficient (Wildman–Crippen LogP) is 1.87. The van der Waals surface area contributed by atoms with Gasteiger partial charge in [-0.3, -0.25) is 14.4 Å². The number of carbonyl (C=O) groups excluding carboxylic acids is 3. The fourth-order valence-corrected chi connectivity index (χ4v) is 4.96. The van der Waals surface area contributed by atoms with E-state index in [0.717, 1.165) is 11.3 Å². The summed E-state index contributed by atoms with van der Waals surface area (Å²) in [6.07, 6.45) is 1.24. The first kappa shape index (κ1) is 23.9. The number of anilines is 2. The fraction of sp³-hybridized carbons (Fsp3) is 0.375. The third kappa shape index (κ3) is 5.28. The van der Waals surface area contributed by atoms with Crippen LogP contribution < -0.4 is 15.4 Å². The normalized spacial score (nSPS) is 19.4. The van der Waals surface area contributed by atoms with Crippen LogP contribution >= 0.6 is 0 Å². The summed E-state index contributed by atoms with van der Waals surface area (Å²) in [5, 5.41) is 7.88. The van der Waals surface area contributed by atoms with Crippen LogP contribution in [0.3, 0.4) is 0 Å². The molecule has 0 radical (unpaired) electrons. The Bertz CT molecular complexity index is 1190. The number of hydrogen-bond donors (Lipinski definition) is 2. The lowest BCUT2D eigenvalue weighted by Crippen LogP contribution is -2.44. The summed E-state index contributed by atoms with van der Waals surface area (Å²) < 4.78 is 22.7. The molecule has 3 amide bonds. The highest BCUT2D eigenvalue weighted by atomic mass is 32.2. The number of aryl methyl sites for hydroxylation is 1. The summed E-state index contributed by atoms with van der Waals surface area (Å²) in [6, 6.07) is 13.4. The van der Waals surface area contributed by atoms with Gasteiger partial charge in [-0.1, -0.05) is 17.7 Å². The number of nitrogens with one attached hydrogen (secondary N) is 1. The number of rotatable bonds is 5. The van der Waals surface area contributed by atoms with Crippen LogP contribution in [-0.2, 0) is 24.4 Å². The van der Waals surface area contributed by atoms with Crippen LogP contribution in [0.5, 0.6) is 0 Å². The van der Waals surface area contributed by atoms with Crippen molar-refractivity contribution in [3.05, 3.63) is 54.1 Å². The smallest absolute Gasteiger partial charge is 0.238 e. The van der Waals surface area contributed by atoms with E-state index in [1.165, 1.54) is 24.3 Å². The Kier molecular flexibility index (Phi) is 6.72. The number of amides is 3. The topological polar surface area (TPSA) is 130 Å². The third-order valence-electron chi connectivity index (χ3n) is 6.45. The first-order chi connectivity index (χ1) is 16.1. The number of carbonyl (C=O) groups is 3. The van der Waals surface area contributed by atoms with Crippen molar-refractivity contribution in [2.45, 2.75) is 31.1 Å². The van der Waals surface area contributed by atoms with Crippen molar-refractivity contribution in [1.29, 1.82) is 0 Å². The molecule has 4 rings (SSSR count). The summed E-state index contributed by atoms with van der Waals surface area (Å²) in [7, 11) is -3.79. The van der Waals surface area contributed by atoms with Gasteiger partial charge in [0.05, 0.1) is 10.8 Å². The van der Waals surface area contributed by atoms with Gasteiger partial charge < -0.3 is 15.1 Å². The first-order valence-electron chi connectivity index (χ1n) is 11.2. The van der Waals surface area contributed by atoms with Gasteiger partial charge in [-0.25, -0.2) is 13.6 Å². The maximum atomic E-state index is 13.0. The van der Waals surface area contributed by atoms with Crippen molar-refractivity contribution >= 4 is 39.1 Å². The quantitative estimate of drug-likeness (QED) is 0.669. The largest absolute Gasteiger partial charge is 0.342 e. The van der Waals surface area contributed by atoms with E-state index in [9.17, 15) is 22.8 Å². The molecule has 34 heavy (non-hydrogen) atoms. The second-order valence-corrected chi connectivity index (χ2v) is 10.5. The van der Waals surface area contributed by atoms with E-state index in [-0.39, 0.29) is 40.9 Å². The second kappa shape index (κ2) is 9.55. The predicted molar refractivity (Wildman–Crippen MR) is 127 cm³/mol. The number of hydrogen-bond acceptors (Lipinski definition) is 5. The van der Waals surface area contributed by atoms with Gasteiger partial charge in [0, 0.05) is 43.3 Å². The van der Waals surface area contributed by atoms with Gasteiger partial charge in [0.1, 0.15) is 0 Å². The van der Waals surface area contributed by atoms with Crippen LogP contribution in [0, 0.1) is 18.8 Å². The minimum absolute atomic E-state index is 0.0244. The SMILES string of the molecule is Cc1ccc(N2C[C@H](C(=O)N3CCC(C(=O)Nc4ccc(S(N)(=O)=O)cc4)CC3)CC2=O)cc1. The Morgan fingerprint density at radius 1 is 0.971 bits per heavy atom. The standard InChI is InChI=1S/C24H28N4O5S/c1-16-2-6-20(7-3-16)28-15-18(14-22(28)29)24(31)27-12-10-17(11-13-27)23(30)26-19-4-8-21(9-5-19)34(25,32)33/h2-9,17-18H,10-15H2,1H3,(H,26,30)(H2,25,32,33)/t18-/m1/s1. The molecule has 0 bridgehead atoms. The molecule has 10 heteroatoms. The summed E-state index contributed by atoms with van der Waals surface area (Å²) in [5.41, 5.74) is 2.39. The number of piperidine rings is 1. The monoisotopic (exact) mass is 484 g/mol. The van der Waals surface area contributed by atoms with E-state index < -0.39 is 10.0 Å². The summed E-state index contributed by atoms with van der Waals surface area (Å²) in [4.78, 5) is 41.6. The fourth-order valence-electron chi connectivity index (χ4n) is 4.44. The van der Waals surface area contributed by atoms with Crippen LogP contribution in [0.4, 0.5) is 11.4 Å². The van der Waals surface area contributed by atoms with Crippen molar-refractivity contribution < 1.29 is 22.8 Å². The summed E-state index contributed by atoms with van der Waals surface area (Å²) in [5.74, 6) is -0.893. The van der Waals surface area contributed by atoms with E-state index in [2.05, 4.69) is 5.32 Å². The molecular formula is C24H28N4O5S. The zero-order valence-corrected chi connectivity index (χ0v) is 19.8. The van der Waals surface area contributed by atoms with Crippen molar-refractivity contribution in [3.63, 3.8) is 0 Å². The Hall–Kier alpha value is -3.24. The lowest BCUT2D eigenvalue weighted by atomic mass is 9.94. The molecule has 9 nitrogen and oxygen atoms in total. The Balaban J connectivity index is 1.29. The molecule has 2 aliphatic heterocycles. The molecule has 2 aliphatic rings. The van der Waals surface area contributed by atoms with Gasteiger partial charge in [-0.2, -0.15) is 0 Å². The zero-order valence-electron chi connectivity index (χ0n) is 18.9. The van der Waals surface area contributed by atoms with Gasteiger partial charge in [-0.15, -0.1) is 0 Å². The molecule has 0 spiro atoms. The van der Waals surface area contributed by atoms with Crippen LogP contribution in [0.1, 0.15) is 24.8 Å². The molecule has 0 aromatic heterocycles. The van der Waals surface area contributed by atoms with Gasteiger partial charge in [0.15, 0.2) is 0 Å². The Morgan fingerprint density at radius 2 is 1.59 bits per heavy atom. The van der Waals surface area contributed by atoms with Crippen molar-refractivity contribution in [2.24, 2.45) is 17.0 Å². The first-order valence-corrected chi connectivity index (χ1v) is 12.8. The minimum atomic E-state index is -3.79. The highest BCUT2D eigenvalue weighted by Crippen LogP contribution is 2.28. The van der Waals surface area contributed by atoms with Gasteiger partial charge in [0.25, 0.3) is 0 Å². The number of primary sulfonamides is 1. The maximum Gasteiger partial charge on any atom is 0.238 e. The minimum Gasteiger partial charge on any atom is -0.342 e. The lowest BCUT2D eigenvalue weighted by Gasteiger charge is -2.33. The van der Waals surface area contributed by atoms with E-state index in [0.29, 0.717) is 38.2 Å². The molecule has 0 unspecified atom stereocenters. The number of nitrogens with two attached hydrogens (primary N) is 1. The van der Waals surface area contributed by atoms with Crippen LogP contribution in [-0.4, -0.2) is 50.7 Å². The molecule has 3 N–H and O–H groups in total. The molecule has 0 aliphatic carbocycles. The molecule has 2 aromatic rings. The van der Waals surface area contributed by atoms with Gasteiger partial charge >= 0.3 is 0 Å². The average Bonchev–Trinajstić information content (AvgIpc) is 3.20. The van der Waals surface area contributed by atoms with E-state index >= 15 is 0 Å². The number of likely N-dealkylation sites (tertiary alicyclic amines) is 1. The molecule has 2 heterocycles. The Morgan fingerprint density at radius 3 is 2.18 bits per heavy atom. The lowest BCUT2D eigenvalue weighted by molar-refractivity contribution is -0.138. The van der Waals surface area contributed by atoms with Crippen LogP contribution in [0.2, 0.25) is 0 Å². The molecule has 0 saturated carbocycles. The van der Waals surface area contributed by atoms with E-state index in [4.69, 9.17) is 5.14 Å². The highest BCUT2D eigenvalue weighted by molar-refractivity contribution is 7.89. The van der Waals surface area contributed by atoms with Gasteiger partial charge in [-0.05, 0) is 56.2 Å². The van der Waals surface area contributed by atoms with Crippen molar-refractivity contribution in [2.75, 3.05) is 29.9 Å². The zero-order chi connectivity index (χ0) is 24.5. The van der Waals surface area contributed by atoms with E-state index in [1.54, 1.807) is 9.80 Å². The summed E-state index contributed by atoms with van der Waals surface area (Å²) >= 11 is 0. The third-order valence-corrected chi connectivity index (χ3v) is 7.38. The van der Waals surface area contributed by atoms with Gasteiger partial charge in [0.2, 0.25) is 27.7 Å². The molecule has 180 valence electrons. The summed E-state index contributed by atoms with van der Waals surface area (Å²) in [6.45, 7) is 3.26. The number of sulfonamides is 1. The van der Waals surface area contributed by atoms with Crippen molar-refractivity contribution in [1.82, 2.24) is 4.90 Å². The Labute approximate surface area is 199 Å². The highest BCUT2D eigenvalue weighted by Gasteiger charge is 2.38. The molecule has 1 atom stereocenters. The van der Waals surface area contributed by atoms with E-state index in [1.807, 2.05) is 31.2 Å². The second-order valence-electron chi connectivity index (χ2n) is 8.90. The molecule has 2 saturated heterocycles.